The normalized spacial score (nSPS) is 19.2. The molecular formula is C22H27N3O4S. The van der Waals surface area contributed by atoms with E-state index in [4.69, 9.17) is 0 Å². The summed E-state index contributed by atoms with van der Waals surface area (Å²) >= 11 is 0. The van der Waals surface area contributed by atoms with E-state index in [0.717, 1.165) is 10.8 Å². The molecule has 0 N–H and O–H groups in total. The lowest BCUT2D eigenvalue weighted by Crippen LogP contribution is -2.53. The second-order valence-corrected chi connectivity index (χ2v) is 9.96. The van der Waals surface area contributed by atoms with E-state index < -0.39 is 10.0 Å². The molecule has 4 rings (SSSR count). The molecule has 30 heavy (non-hydrogen) atoms. The molecule has 2 fully saturated rings. The number of sulfonamides is 1. The zero-order valence-corrected chi connectivity index (χ0v) is 18.0. The Balaban J connectivity index is 1.38. The molecule has 7 nitrogen and oxygen atoms in total. The maximum atomic E-state index is 13.1. The van der Waals surface area contributed by atoms with Crippen molar-refractivity contribution in [2.24, 2.45) is 5.92 Å². The molecule has 0 aromatic heterocycles. The highest BCUT2D eigenvalue weighted by Crippen LogP contribution is 2.24. The highest BCUT2D eigenvalue weighted by atomic mass is 32.2. The number of piperazine rings is 1. The van der Waals surface area contributed by atoms with Crippen LogP contribution in [0.25, 0.3) is 10.8 Å². The standard InChI is InChI=1S/C22H27N3O4S/c1-17(26)23-10-8-19(9-11-23)22(27)24-12-14-25(15-13-24)30(28,29)21-7-6-18-4-2-3-5-20(18)16-21/h2-7,16,19H,8-15H2,1H3. The Kier molecular flexibility index (Phi) is 5.79. The maximum absolute atomic E-state index is 13.1. The van der Waals surface area contributed by atoms with E-state index in [1.807, 2.05) is 30.3 Å². The molecule has 0 radical (unpaired) electrons. The first-order valence-electron chi connectivity index (χ1n) is 10.4. The number of hydrogen-bond donors (Lipinski definition) is 0. The maximum Gasteiger partial charge on any atom is 0.243 e. The average molecular weight is 430 g/mol. The highest BCUT2D eigenvalue weighted by Gasteiger charge is 2.34. The number of benzene rings is 2. The van der Waals surface area contributed by atoms with Crippen LogP contribution in [0, 0.1) is 5.92 Å². The van der Waals surface area contributed by atoms with E-state index in [1.54, 1.807) is 28.9 Å². The summed E-state index contributed by atoms with van der Waals surface area (Å²) in [6.07, 6.45) is 1.35. The molecule has 2 amide bonds. The number of amides is 2. The number of piperidine rings is 1. The van der Waals surface area contributed by atoms with Crippen molar-refractivity contribution < 1.29 is 18.0 Å². The van der Waals surface area contributed by atoms with Gasteiger partial charge in [0.1, 0.15) is 0 Å². The van der Waals surface area contributed by atoms with Crippen LogP contribution in [0.3, 0.4) is 0 Å². The first-order chi connectivity index (χ1) is 14.4. The van der Waals surface area contributed by atoms with Crippen molar-refractivity contribution in [3.05, 3.63) is 42.5 Å². The third-order valence-corrected chi connectivity index (χ3v) is 8.09. The van der Waals surface area contributed by atoms with Gasteiger partial charge in [-0.15, -0.1) is 0 Å². The van der Waals surface area contributed by atoms with Crippen LogP contribution < -0.4 is 0 Å². The van der Waals surface area contributed by atoms with Crippen molar-refractivity contribution in [2.45, 2.75) is 24.7 Å². The van der Waals surface area contributed by atoms with Gasteiger partial charge in [0.15, 0.2) is 0 Å². The summed E-state index contributed by atoms with van der Waals surface area (Å²) in [6, 6.07) is 12.9. The van der Waals surface area contributed by atoms with Crippen molar-refractivity contribution in [3.63, 3.8) is 0 Å². The van der Waals surface area contributed by atoms with Gasteiger partial charge in [-0.3, -0.25) is 9.59 Å². The number of nitrogens with zero attached hydrogens (tertiary/aromatic N) is 3. The Hall–Kier alpha value is -2.45. The number of fused-ring (bicyclic) bond motifs is 1. The van der Waals surface area contributed by atoms with Crippen LogP contribution in [0.1, 0.15) is 19.8 Å². The predicted octanol–water partition coefficient (Wildman–Crippen LogP) is 1.93. The third kappa shape index (κ3) is 4.06. The monoisotopic (exact) mass is 429 g/mol. The summed E-state index contributed by atoms with van der Waals surface area (Å²) in [6.45, 7) is 4.18. The number of carbonyl (C=O) groups is 2. The van der Waals surface area contributed by atoms with Crippen molar-refractivity contribution in [3.8, 4) is 0 Å². The van der Waals surface area contributed by atoms with Gasteiger partial charge in [0, 0.05) is 52.1 Å². The van der Waals surface area contributed by atoms with Crippen molar-refractivity contribution >= 4 is 32.6 Å². The molecule has 0 saturated carbocycles. The molecular weight excluding hydrogens is 402 g/mol. The molecule has 160 valence electrons. The molecule has 0 bridgehead atoms. The van der Waals surface area contributed by atoms with Crippen LogP contribution in [0.5, 0.6) is 0 Å². The van der Waals surface area contributed by atoms with E-state index >= 15 is 0 Å². The molecule has 2 aliphatic heterocycles. The van der Waals surface area contributed by atoms with E-state index in [1.165, 1.54) is 4.31 Å². The SMILES string of the molecule is CC(=O)N1CCC(C(=O)N2CCN(S(=O)(=O)c3ccc4ccccc4c3)CC2)CC1. The molecule has 0 atom stereocenters. The molecule has 2 saturated heterocycles. The van der Waals surface area contributed by atoms with Gasteiger partial charge >= 0.3 is 0 Å². The van der Waals surface area contributed by atoms with Gasteiger partial charge in [-0.25, -0.2) is 8.42 Å². The Bertz CT molecular complexity index is 1050. The molecule has 8 heteroatoms. The lowest BCUT2D eigenvalue weighted by Gasteiger charge is -2.38. The van der Waals surface area contributed by atoms with Crippen LogP contribution in [0.15, 0.2) is 47.4 Å². The van der Waals surface area contributed by atoms with E-state index in [0.29, 0.717) is 52.1 Å². The zero-order valence-electron chi connectivity index (χ0n) is 17.2. The largest absolute Gasteiger partial charge is 0.343 e. The van der Waals surface area contributed by atoms with Crippen molar-refractivity contribution in [2.75, 3.05) is 39.3 Å². The van der Waals surface area contributed by atoms with E-state index in [2.05, 4.69) is 0 Å². The van der Waals surface area contributed by atoms with Crippen LogP contribution in [0.4, 0.5) is 0 Å². The molecule has 2 aliphatic rings. The minimum Gasteiger partial charge on any atom is -0.343 e. The molecule has 2 aromatic carbocycles. The van der Waals surface area contributed by atoms with Crippen LogP contribution in [0.2, 0.25) is 0 Å². The van der Waals surface area contributed by atoms with Gasteiger partial charge in [-0.2, -0.15) is 4.31 Å². The minimum absolute atomic E-state index is 0.0495. The summed E-state index contributed by atoms with van der Waals surface area (Å²) in [4.78, 5) is 28.2. The Morgan fingerprint density at radius 3 is 2.10 bits per heavy atom. The molecule has 0 unspecified atom stereocenters. The zero-order chi connectivity index (χ0) is 21.3. The van der Waals surface area contributed by atoms with E-state index in [-0.39, 0.29) is 22.6 Å². The molecule has 2 heterocycles. The van der Waals surface area contributed by atoms with Crippen molar-refractivity contribution in [1.29, 1.82) is 0 Å². The second kappa shape index (κ2) is 8.35. The smallest absolute Gasteiger partial charge is 0.243 e. The lowest BCUT2D eigenvalue weighted by atomic mass is 9.95. The van der Waals surface area contributed by atoms with Crippen LogP contribution in [-0.2, 0) is 19.6 Å². The lowest BCUT2D eigenvalue weighted by molar-refractivity contribution is -0.141. The quantitative estimate of drug-likeness (QED) is 0.747. The van der Waals surface area contributed by atoms with E-state index in [9.17, 15) is 18.0 Å². The fraction of sp³-hybridized carbons (Fsp3) is 0.455. The fourth-order valence-corrected chi connectivity index (χ4v) is 5.78. The van der Waals surface area contributed by atoms with Gasteiger partial charge < -0.3 is 9.80 Å². The summed E-state index contributed by atoms with van der Waals surface area (Å²) in [5.74, 6) is 0.0543. The molecule has 0 aliphatic carbocycles. The van der Waals surface area contributed by atoms with Crippen LogP contribution >= 0.6 is 0 Å². The number of hydrogen-bond acceptors (Lipinski definition) is 4. The van der Waals surface area contributed by atoms with Crippen molar-refractivity contribution in [1.82, 2.24) is 14.1 Å². The minimum atomic E-state index is -3.59. The summed E-state index contributed by atoms with van der Waals surface area (Å²) in [7, 11) is -3.59. The van der Waals surface area contributed by atoms with Gasteiger partial charge in [-0.05, 0) is 35.7 Å². The van der Waals surface area contributed by atoms with Gasteiger partial charge in [0.05, 0.1) is 4.90 Å². The topological polar surface area (TPSA) is 78.0 Å². The Morgan fingerprint density at radius 1 is 0.833 bits per heavy atom. The summed E-state index contributed by atoms with van der Waals surface area (Å²) in [5, 5.41) is 1.90. The number of likely N-dealkylation sites (tertiary alicyclic amines) is 1. The number of rotatable bonds is 3. The van der Waals surface area contributed by atoms with Gasteiger partial charge in [0.25, 0.3) is 0 Å². The first kappa shape index (κ1) is 20.8. The highest BCUT2D eigenvalue weighted by molar-refractivity contribution is 7.89. The molecule has 0 spiro atoms. The predicted molar refractivity (Wildman–Crippen MR) is 114 cm³/mol. The third-order valence-electron chi connectivity index (χ3n) is 6.20. The first-order valence-corrected chi connectivity index (χ1v) is 11.8. The Morgan fingerprint density at radius 2 is 1.47 bits per heavy atom. The second-order valence-electron chi connectivity index (χ2n) is 8.02. The number of carbonyl (C=O) groups excluding carboxylic acids is 2. The summed E-state index contributed by atoms with van der Waals surface area (Å²) in [5.41, 5.74) is 0. The average Bonchev–Trinajstić information content (AvgIpc) is 2.78. The van der Waals surface area contributed by atoms with Gasteiger partial charge in [0.2, 0.25) is 21.8 Å². The van der Waals surface area contributed by atoms with Gasteiger partial charge in [-0.1, -0.05) is 30.3 Å². The summed E-state index contributed by atoms with van der Waals surface area (Å²) < 4.78 is 27.7. The Labute approximate surface area is 177 Å². The molecule has 2 aromatic rings. The van der Waals surface area contributed by atoms with Crippen LogP contribution in [-0.4, -0.2) is 73.6 Å². The fourth-order valence-electron chi connectivity index (χ4n) is 4.33.